The first kappa shape index (κ1) is 16.5. The Hall–Kier alpha value is 0.120. The molecule has 10 heteroatoms. The molecule has 2 rings (SSSR count). The minimum absolute atomic E-state index is 0.0383. The van der Waals surface area contributed by atoms with Gasteiger partial charge in [-0.3, -0.25) is 4.68 Å². The van der Waals surface area contributed by atoms with Crippen LogP contribution in [-0.2, 0) is 26.0 Å². The Morgan fingerprint density at radius 2 is 2.45 bits per heavy atom. The van der Waals surface area contributed by atoms with Crippen LogP contribution in [0.25, 0.3) is 0 Å². The van der Waals surface area contributed by atoms with Crippen LogP contribution in [0.3, 0.4) is 0 Å². The number of ether oxygens (including phenoxy) is 1. The second kappa shape index (κ2) is 7.40. The highest BCUT2D eigenvalue weighted by Gasteiger charge is 2.27. The number of nitrogens with one attached hydrogen (secondary N) is 1. The maximum absolute atomic E-state index is 12.1. The Morgan fingerprint density at radius 3 is 3.00 bits per heavy atom. The first-order valence-electron chi connectivity index (χ1n) is 6.04. The lowest BCUT2D eigenvalue weighted by Crippen LogP contribution is -2.43. The summed E-state index contributed by atoms with van der Waals surface area (Å²) in [5.41, 5.74) is 0. The van der Waals surface area contributed by atoms with Crippen molar-refractivity contribution in [2.75, 3.05) is 13.2 Å². The molecule has 0 bridgehead atoms. The second-order valence-electron chi connectivity index (χ2n) is 4.55. The fraction of sp³-hybridized carbons (Fsp3) is 0.700. The van der Waals surface area contributed by atoms with Crippen LogP contribution >= 0.6 is 30.4 Å². The lowest BCUT2D eigenvalue weighted by molar-refractivity contribution is -0.0184. The molecule has 20 heavy (non-hydrogen) atoms. The van der Waals surface area contributed by atoms with Gasteiger partial charge in [0.15, 0.2) is 0 Å². The number of sulfonamides is 1. The topological polar surface area (TPSA) is 82.5 Å². The van der Waals surface area contributed by atoms with Crippen molar-refractivity contribution in [1.29, 1.82) is 0 Å². The van der Waals surface area contributed by atoms with Gasteiger partial charge in [0.1, 0.15) is 4.90 Å². The SMILES string of the molecule is Cn1cc(S(=O)(=O)N[C@@H]2CC[C@@H](COSI)OC2)cn1. The summed E-state index contributed by atoms with van der Waals surface area (Å²) in [6.07, 6.45) is 4.36. The molecule has 1 fully saturated rings. The molecule has 2 heterocycles. The summed E-state index contributed by atoms with van der Waals surface area (Å²) in [5, 5.41) is 3.87. The van der Waals surface area contributed by atoms with E-state index in [2.05, 4.69) is 31.0 Å². The maximum atomic E-state index is 12.1. The molecular weight excluding hydrogens is 417 g/mol. The molecule has 0 amide bonds. The van der Waals surface area contributed by atoms with Crippen molar-refractivity contribution in [3.05, 3.63) is 12.4 Å². The average Bonchev–Trinajstić information content (AvgIpc) is 2.85. The summed E-state index contributed by atoms with van der Waals surface area (Å²) in [6, 6.07) is -0.205. The van der Waals surface area contributed by atoms with E-state index in [0.29, 0.717) is 13.2 Å². The predicted octanol–water partition coefficient (Wildman–Crippen LogP) is 1.26. The van der Waals surface area contributed by atoms with Crippen molar-refractivity contribution in [1.82, 2.24) is 14.5 Å². The molecule has 1 aliphatic rings. The maximum Gasteiger partial charge on any atom is 0.244 e. The van der Waals surface area contributed by atoms with Gasteiger partial charge in [-0.05, 0) is 12.8 Å². The monoisotopic (exact) mass is 433 g/mol. The highest BCUT2D eigenvalue weighted by molar-refractivity contribution is 14.2. The molecule has 114 valence electrons. The standard InChI is InChI=1S/C10H16IN3O4S2/c1-14-5-10(4-12-14)20(15,16)13-8-2-3-9(17-6-8)7-18-19-11/h4-5,8-9,13H,2-3,6-7H2,1H3/t8-,9+/m1/s1. The molecule has 0 spiro atoms. The van der Waals surface area contributed by atoms with Gasteiger partial charge >= 0.3 is 0 Å². The first-order chi connectivity index (χ1) is 9.51. The van der Waals surface area contributed by atoms with E-state index >= 15 is 0 Å². The van der Waals surface area contributed by atoms with Crippen LogP contribution in [0.5, 0.6) is 0 Å². The molecule has 2 atom stereocenters. The third-order valence-electron chi connectivity index (χ3n) is 2.98. The molecule has 0 saturated carbocycles. The summed E-state index contributed by atoms with van der Waals surface area (Å²) in [5.74, 6) is 0. The summed E-state index contributed by atoms with van der Waals surface area (Å²) < 4.78 is 39.1. The Kier molecular flexibility index (Phi) is 6.10. The number of halogens is 1. The lowest BCUT2D eigenvalue weighted by atomic mass is 10.1. The Bertz CT molecular complexity index is 528. The van der Waals surface area contributed by atoms with E-state index < -0.39 is 10.0 Å². The van der Waals surface area contributed by atoms with E-state index in [1.807, 2.05) is 0 Å². The molecule has 0 aromatic carbocycles. The number of nitrogens with zero attached hydrogens (tertiary/aromatic N) is 2. The van der Waals surface area contributed by atoms with Gasteiger partial charge in [-0.25, -0.2) is 13.1 Å². The van der Waals surface area contributed by atoms with Crippen molar-refractivity contribution >= 4 is 40.4 Å². The zero-order chi connectivity index (χ0) is 14.6. The normalized spacial score (nSPS) is 23.9. The number of aryl methyl sites for hydroxylation is 1. The van der Waals surface area contributed by atoms with Gasteiger partial charge in [0.25, 0.3) is 0 Å². The molecular formula is C10H16IN3O4S2. The zero-order valence-corrected chi connectivity index (χ0v) is 14.7. The molecule has 1 aliphatic heterocycles. The first-order valence-corrected chi connectivity index (χ1v) is 10.8. The molecule has 1 aromatic heterocycles. The van der Waals surface area contributed by atoms with Gasteiger partial charge in [0.05, 0.1) is 34.7 Å². The van der Waals surface area contributed by atoms with Gasteiger partial charge in [0, 0.05) is 40.5 Å². The number of rotatable bonds is 6. The van der Waals surface area contributed by atoms with Crippen LogP contribution in [0.15, 0.2) is 17.3 Å². The van der Waals surface area contributed by atoms with Gasteiger partial charge in [0.2, 0.25) is 10.0 Å². The van der Waals surface area contributed by atoms with Crippen LogP contribution in [0.2, 0.25) is 0 Å². The average molecular weight is 433 g/mol. The molecule has 0 unspecified atom stereocenters. The Morgan fingerprint density at radius 1 is 1.65 bits per heavy atom. The van der Waals surface area contributed by atoms with E-state index in [9.17, 15) is 8.42 Å². The minimum atomic E-state index is -3.52. The van der Waals surface area contributed by atoms with Gasteiger partial charge < -0.3 is 8.92 Å². The van der Waals surface area contributed by atoms with Crippen LogP contribution in [-0.4, -0.2) is 43.6 Å². The summed E-state index contributed by atoms with van der Waals surface area (Å²) in [7, 11) is -0.569. The molecule has 0 aliphatic carbocycles. The van der Waals surface area contributed by atoms with Crippen LogP contribution < -0.4 is 4.72 Å². The van der Waals surface area contributed by atoms with Crippen LogP contribution in [0.1, 0.15) is 12.8 Å². The smallest absolute Gasteiger partial charge is 0.244 e. The Balaban J connectivity index is 1.86. The van der Waals surface area contributed by atoms with Crippen molar-refractivity contribution in [3.63, 3.8) is 0 Å². The number of hydrogen-bond donors (Lipinski definition) is 1. The van der Waals surface area contributed by atoms with Crippen molar-refractivity contribution in [3.8, 4) is 0 Å². The van der Waals surface area contributed by atoms with Gasteiger partial charge in [-0.2, -0.15) is 5.10 Å². The largest absolute Gasteiger partial charge is 0.374 e. The third-order valence-corrected chi connectivity index (χ3v) is 5.45. The highest BCUT2D eigenvalue weighted by Crippen LogP contribution is 2.19. The summed E-state index contributed by atoms with van der Waals surface area (Å²) in [4.78, 5) is 0.173. The van der Waals surface area contributed by atoms with E-state index in [1.54, 1.807) is 7.05 Å². The van der Waals surface area contributed by atoms with Crippen LogP contribution in [0.4, 0.5) is 0 Å². The van der Waals surface area contributed by atoms with E-state index in [-0.39, 0.29) is 17.0 Å². The van der Waals surface area contributed by atoms with Gasteiger partial charge in [-0.15, -0.1) is 0 Å². The predicted molar refractivity (Wildman–Crippen MR) is 83.9 cm³/mol. The van der Waals surface area contributed by atoms with Crippen LogP contribution in [0, 0.1) is 0 Å². The molecule has 1 saturated heterocycles. The molecule has 7 nitrogen and oxygen atoms in total. The number of hydrogen-bond acceptors (Lipinski definition) is 6. The van der Waals surface area contributed by atoms with Gasteiger partial charge in [-0.1, -0.05) is 0 Å². The summed E-state index contributed by atoms with van der Waals surface area (Å²) in [6.45, 7) is 0.884. The molecule has 1 aromatic rings. The quantitative estimate of drug-likeness (QED) is 0.538. The second-order valence-corrected chi connectivity index (χ2v) is 7.70. The number of aromatic nitrogens is 2. The fourth-order valence-corrected chi connectivity index (χ4v) is 3.84. The fourth-order valence-electron chi connectivity index (χ4n) is 1.96. The minimum Gasteiger partial charge on any atom is -0.374 e. The van der Waals surface area contributed by atoms with E-state index in [4.69, 9.17) is 8.92 Å². The molecule has 0 radical (unpaired) electrons. The van der Waals surface area contributed by atoms with Crippen molar-refractivity contribution in [2.24, 2.45) is 7.05 Å². The van der Waals surface area contributed by atoms with E-state index in [1.165, 1.54) is 26.3 Å². The molecule has 1 N–H and O–H groups in total. The highest BCUT2D eigenvalue weighted by atomic mass is 127. The Labute approximate surface area is 134 Å². The third kappa shape index (κ3) is 4.56. The van der Waals surface area contributed by atoms with Crippen molar-refractivity contribution in [2.45, 2.75) is 29.9 Å². The zero-order valence-electron chi connectivity index (χ0n) is 10.9. The van der Waals surface area contributed by atoms with Crippen molar-refractivity contribution < 1.29 is 17.3 Å². The van der Waals surface area contributed by atoms with E-state index in [0.717, 1.165) is 12.8 Å². The summed E-state index contributed by atoms with van der Waals surface area (Å²) >= 11 is 2.05. The lowest BCUT2D eigenvalue weighted by Gasteiger charge is -2.28.